The van der Waals surface area contributed by atoms with Crippen molar-refractivity contribution in [1.29, 1.82) is 5.26 Å². The molecule has 0 N–H and O–H groups in total. The first-order chi connectivity index (χ1) is 6.76. The van der Waals surface area contributed by atoms with Crippen LogP contribution in [0.5, 0.6) is 0 Å². The molecule has 1 atom stereocenters. The van der Waals surface area contributed by atoms with Crippen LogP contribution in [0.3, 0.4) is 0 Å². The number of hydrogen-bond acceptors (Lipinski definition) is 2. The standard InChI is InChI=1S/C12H22N2/c1-3-11(2)4-7-14-8-5-12(10-13)6-9-14/h11-12H,3-9H2,1-2H3. The molecule has 1 rings (SSSR count). The Hall–Kier alpha value is -0.550. The summed E-state index contributed by atoms with van der Waals surface area (Å²) in [5.74, 6) is 1.18. The summed E-state index contributed by atoms with van der Waals surface area (Å²) in [5, 5.41) is 8.76. The highest BCUT2D eigenvalue weighted by molar-refractivity contribution is 4.87. The van der Waals surface area contributed by atoms with Crippen LogP contribution >= 0.6 is 0 Å². The quantitative estimate of drug-likeness (QED) is 0.688. The number of likely N-dealkylation sites (tertiary alicyclic amines) is 1. The van der Waals surface area contributed by atoms with E-state index in [1.165, 1.54) is 19.4 Å². The van der Waals surface area contributed by atoms with Crippen LogP contribution in [0.1, 0.15) is 39.5 Å². The van der Waals surface area contributed by atoms with Gasteiger partial charge in [-0.25, -0.2) is 0 Å². The maximum Gasteiger partial charge on any atom is 0.0656 e. The molecular weight excluding hydrogens is 172 g/mol. The minimum atomic E-state index is 0.329. The first kappa shape index (κ1) is 11.5. The van der Waals surface area contributed by atoms with Crippen molar-refractivity contribution in [2.24, 2.45) is 11.8 Å². The number of hydrogen-bond donors (Lipinski definition) is 0. The maximum absolute atomic E-state index is 8.76. The van der Waals surface area contributed by atoms with E-state index in [1.54, 1.807) is 0 Å². The lowest BCUT2D eigenvalue weighted by Gasteiger charge is -2.29. The van der Waals surface area contributed by atoms with Gasteiger partial charge in [0.2, 0.25) is 0 Å². The summed E-state index contributed by atoms with van der Waals surface area (Å²) in [4.78, 5) is 2.51. The van der Waals surface area contributed by atoms with E-state index in [1.807, 2.05) is 0 Å². The number of nitrogens with zero attached hydrogens (tertiary/aromatic N) is 2. The average Bonchev–Trinajstić information content (AvgIpc) is 2.26. The first-order valence-corrected chi connectivity index (χ1v) is 5.88. The summed E-state index contributed by atoms with van der Waals surface area (Å²) in [6.45, 7) is 8.07. The molecule has 0 spiro atoms. The van der Waals surface area contributed by atoms with E-state index < -0.39 is 0 Å². The van der Waals surface area contributed by atoms with Gasteiger partial charge in [0.15, 0.2) is 0 Å². The fourth-order valence-corrected chi connectivity index (χ4v) is 1.89. The van der Waals surface area contributed by atoms with Crippen LogP contribution in [-0.2, 0) is 0 Å². The molecule has 0 amide bonds. The van der Waals surface area contributed by atoms with E-state index in [9.17, 15) is 0 Å². The molecule has 0 aromatic rings. The van der Waals surface area contributed by atoms with E-state index in [2.05, 4.69) is 24.8 Å². The van der Waals surface area contributed by atoms with Gasteiger partial charge in [0.1, 0.15) is 0 Å². The largest absolute Gasteiger partial charge is 0.303 e. The summed E-state index contributed by atoms with van der Waals surface area (Å²) < 4.78 is 0. The predicted molar refractivity (Wildman–Crippen MR) is 58.8 cm³/mol. The average molecular weight is 194 g/mol. The summed E-state index contributed by atoms with van der Waals surface area (Å²) in [5.41, 5.74) is 0. The second kappa shape index (κ2) is 6.03. The number of piperidine rings is 1. The molecule has 0 aliphatic carbocycles. The molecule has 0 radical (unpaired) electrons. The monoisotopic (exact) mass is 194 g/mol. The third-order valence-corrected chi connectivity index (χ3v) is 3.41. The first-order valence-electron chi connectivity index (χ1n) is 5.88. The zero-order chi connectivity index (χ0) is 10.4. The zero-order valence-electron chi connectivity index (χ0n) is 9.50. The van der Waals surface area contributed by atoms with Gasteiger partial charge < -0.3 is 4.90 Å². The fraction of sp³-hybridized carbons (Fsp3) is 0.917. The highest BCUT2D eigenvalue weighted by Crippen LogP contribution is 2.17. The van der Waals surface area contributed by atoms with Gasteiger partial charge in [-0.05, 0) is 44.8 Å². The second-order valence-electron chi connectivity index (χ2n) is 4.55. The summed E-state index contributed by atoms with van der Waals surface area (Å²) >= 11 is 0. The molecule has 0 saturated carbocycles. The Morgan fingerprint density at radius 2 is 2.07 bits per heavy atom. The zero-order valence-corrected chi connectivity index (χ0v) is 9.50. The summed E-state index contributed by atoms with van der Waals surface area (Å²) in [6.07, 6.45) is 4.76. The van der Waals surface area contributed by atoms with Crippen LogP contribution in [0.25, 0.3) is 0 Å². The van der Waals surface area contributed by atoms with Crippen LogP contribution in [0.4, 0.5) is 0 Å². The van der Waals surface area contributed by atoms with Crippen LogP contribution in [0, 0.1) is 23.2 Å². The molecule has 2 nitrogen and oxygen atoms in total. The number of nitriles is 1. The molecule has 14 heavy (non-hydrogen) atoms. The molecule has 80 valence electrons. The molecule has 1 aliphatic heterocycles. The molecule has 1 saturated heterocycles. The Balaban J connectivity index is 2.13. The van der Waals surface area contributed by atoms with Crippen molar-refractivity contribution in [1.82, 2.24) is 4.90 Å². The van der Waals surface area contributed by atoms with Gasteiger partial charge >= 0.3 is 0 Å². The molecular formula is C12H22N2. The van der Waals surface area contributed by atoms with Crippen LogP contribution in [-0.4, -0.2) is 24.5 Å². The van der Waals surface area contributed by atoms with Crippen LogP contribution < -0.4 is 0 Å². The Labute approximate surface area is 87.9 Å². The van der Waals surface area contributed by atoms with E-state index in [-0.39, 0.29) is 0 Å². The molecule has 1 fully saturated rings. The summed E-state index contributed by atoms with van der Waals surface area (Å²) in [7, 11) is 0. The lowest BCUT2D eigenvalue weighted by Crippen LogP contribution is -2.34. The van der Waals surface area contributed by atoms with Crippen molar-refractivity contribution in [3.8, 4) is 6.07 Å². The minimum Gasteiger partial charge on any atom is -0.303 e. The number of rotatable bonds is 4. The lowest BCUT2D eigenvalue weighted by molar-refractivity contribution is 0.194. The van der Waals surface area contributed by atoms with E-state index in [4.69, 9.17) is 5.26 Å². The van der Waals surface area contributed by atoms with Gasteiger partial charge in [-0.15, -0.1) is 0 Å². The van der Waals surface area contributed by atoms with Crippen molar-refractivity contribution in [2.75, 3.05) is 19.6 Å². The highest BCUT2D eigenvalue weighted by Gasteiger charge is 2.18. The normalized spacial score (nSPS) is 21.8. The molecule has 1 heterocycles. The fourth-order valence-electron chi connectivity index (χ4n) is 1.89. The van der Waals surface area contributed by atoms with Crippen molar-refractivity contribution in [2.45, 2.75) is 39.5 Å². The van der Waals surface area contributed by atoms with Gasteiger partial charge in [0.05, 0.1) is 6.07 Å². The highest BCUT2D eigenvalue weighted by atomic mass is 15.1. The Kier molecular flexibility index (Phi) is 4.97. The SMILES string of the molecule is CCC(C)CCN1CCC(C#N)CC1. The molecule has 0 bridgehead atoms. The van der Waals surface area contributed by atoms with E-state index in [0.29, 0.717) is 5.92 Å². The van der Waals surface area contributed by atoms with Crippen molar-refractivity contribution >= 4 is 0 Å². The van der Waals surface area contributed by atoms with Gasteiger partial charge in [0, 0.05) is 5.92 Å². The smallest absolute Gasteiger partial charge is 0.0656 e. The molecule has 2 heteroatoms. The lowest BCUT2D eigenvalue weighted by atomic mass is 9.97. The predicted octanol–water partition coefficient (Wildman–Crippen LogP) is 2.66. The van der Waals surface area contributed by atoms with Gasteiger partial charge in [-0.2, -0.15) is 5.26 Å². The second-order valence-corrected chi connectivity index (χ2v) is 4.55. The minimum absolute atomic E-state index is 0.329. The van der Waals surface area contributed by atoms with E-state index >= 15 is 0 Å². The van der Waals surface area contributed by atoms with Gasteiger partial charge in [-0.3, -0.25) is 0 Å². The molecule has 0 aromatic heterocycles. The van der Waals surface area contributed by atoms with Gasteiger partial charge in [-0.1, -0.05) is 20.3 Å². The van der Waals surface area contributed by atoms with Crippen molar-refractivity contribution in [3.05, 3.63) is 0 Å². The van der Waals surface area contributed by atoms with Crippen molar-refractivity contribution in [3.63, 3.8) is 0 Å². The molecule has 1 aliphatic rings. The van der Waals surface area contributed by atoms with Gasteiger partial charge in [0.25, 0.3) is 0 Å². The third-order valence-electron chi connectivity index (χ3n) is 3.41. The summed E-state index contributed by atoms with van der Waals surface area (Å²) in [6, 6.07) is 2.37. The van der Waals surface area contributed by atoms with Crippen LogP contribution in [0.2, 0.25) is 0 Å². The van der Waals surface area contributed by atoms with E-state index in [0.717, 1.165) is 31.8 Å². The third kappa shape index (κ3) is 3.67. The Bertz CT molecular complexity index is 187. The molecule has 1 unspecified atom stereocenters. The Morgan fingerprint density at radius 3 is 2.57 bits per heavy atom. The Morgan fingerprint density at radius 1 is 1.43 bits per heavy atom. The van der Waals surface area contributed by atoms with Crippen LogP contribution in [0.15, 0.2) is 0 Å². The van der Waals surface area contributed by atoms with Crippen molar-refractivity contribution < 1.29 is 0 Å². The maximum atomic E-state index is 8.76. The topological polar surface area (TPSA) is 27.0 Å². The molecule has 0 aromatic carbocycles.